The fourth-order valence-corrected chi connectivity index (χ4v) is 3.22. The number of thioether (sulfide) groups is 1. The van der Waals surface area contributed by atoms with Crippen LogP contribution in [-0.2, 0) is 9.59 Å². The summed E-state index contributed by atoms with van der Waals surface area (Å²) in [5.41, 5.74) is 1.28. The van der Waals surface area contributed by atoms with Crippen LogP contribution in [0.15, 0.2) is 36.9 Å². The zero-order chi connectivity index (χ0) is 16.1. The second-order valence-corrected chi connectivity index (χ2v) is 6.46. The number of benzene rings is 1. The molecule has 1 fully saturated rings. The van der Waals surface area contributed by atoms with E-state index in [0.29, 0.717) is 25.1 Å². The lowest BCUT2D eigenvalue weighted by Gasteiger charge is -2.16. The second kappa shape index (κ2) is 7.26. The van der Waals surface area contributed by atoms with Gasteiger partial charge in [-0.2, -0.15) is 0 Å². The highest BCUT2D eigenvalue weighted by atomic mass is 32.2. The Bertz CT molecular complexity index is 598. The topological polar surface area (TPSA) is 66.5 Å². The summed E-state index contributed by atoms with van der Waals surface area (Å²) >= 11 is 1.21. The maximum atomic E-state index is 12.0. The minimum Gasteiger partial charge on any atom is -0.349 e. The molecule has 0 aliphatic carbocycles. The Labute approximate surface area is 133 Å². The normalized spacial score (nSPS) is 17.4. The molecule has 0 saturated carbocycles. The minimum absolute atomic E-state index is 0.000525. The van der Waals surface area contributed by atoms with Crippen LogP contribution in [0.2, 0.25) is 0 Å². The van der Waals surface area contributed by atoms with Gasteiger partial charge in [-0.1, -0.05) is 17.8 Å². The van der Waals surface area contributed by atoms with E-state index in [1.54, 1.807) is 35.2 Å². The quantitative estimate of drug-likeness (QED) is 0.843. The molecule has 1 atom stereocenters. The van der Waals surface area contributed by atoms with Gasteiger partial charge >= 0.3 is 0 Å². The summed E-state index contributed by atoms with van der Waals surface area (Å²) in [7, 11) is 0. The molecule has 1 aromatic carbocycles. The summed E-state index contributed by atoms with van der Waals surface area (Å²) < 4.78 is 0. The summed E-state index contributed by atoms with van der Waals surface area (Å²) in [6, 6.07) is 6.88. The number of nitrogens with zero attached hydrogens (tertiary/aromatic N) is 1. The summed E-state index contributed by atoms with van der Waals surface area (Å²) in [5, 5.41) is 2.72. The molecule has 6 heteroatoms. The zero-order valence-electron chi connectivity index (χ0n) is 12.4. The maximum Gasteiger partial charge on any atom is 0.251 e. The molecule has 0 spiro atoms. The Kier molecular flexibility index (Phi) is 5.38. The first-order valence-corrected chi connectivity index (χ1v) is 7.86. The van der Waals surface area contributed by atoms with E-state index < -0.39 is 0 Å². The predicted octanol–water partition coefficient (Wildman–Crippen LogP) is 1.99. The molecule has 2 rings (SSSR count). The van der Waals surface area contributed by atoms with Crippen molar-refractivity contribution in [3.8, 4) is 0 Å². The minimum atomic E-state index is -0.177. The smallest absolute Gasteiger partial charge is 0.251 e. The van der Waals surface area contributed by atoms with E-state index in [1.165, 1.54) is 18.7 Å². The molecule has 1 aliphatic heterocycles. The SMILES string of the molecule is C=CCNC(=O)c1ccc(N2CC(SC(C)=O)CC2=O)cc1. The van der Waals surface area contributed by atoms with Gasteiger partial charge in [0.05, 0.1) is 0 Å². The average Bonchev–Trinajstić information content (AvgIpc) is 2.84. The van der Waals surface area contributed by atoms with Crippen LogP contribution < -0.4 is 10.2 Å². The number of hydrogen-bond donors (Lipinski definition) is 1. The highest BCUT2D eigenvalue weighted by Gasteiger charge is 2.31. The van der Waals surface area contributed by atoms with Gasteiger partial charge in [0.25, 0.3) is 5.91 Å². The Morgan fingerprint density at radius 2 is 2.09 bits per heavy atom. The molecule has 116 valence electrons. The van der Waals surface area contributed by atoms with Crippen molar-refractivity contribution in [2.45, 2.75) is 18.6 Å². The number of hydrogen-bond acceptors (Lipinski definition) is 4. The average molecular weight is 318 g/mol. The Morgan fingerprint density at radius 1 is 1.41 bits per heavy atom. The molecule has 0 radical (unpaired) electrons. The summed E-state index contributed by atoms with van der Waals surface area (Å²) in [6.45, 7) is 5.98. The van der Waals surface area contributed by atoms with Crippen molar-refractivity contribution in [2.24, 2.45) is 0 Å². The third-order valence-corrected chi connectivity index (χ3v) is 4.25. The Balaban J connectivity index is 2.04. The lowest BCUT2D eigenvalue weighted by atomic mass is 10.2. The molecule has 2 amide bonds. The van der Waals surface area contributed by atoms with Crippen LogP contribution in [0.3, 0.4) is 0 Å². The molecule has 0 aromatic heterocycles. The van der Waals surface area contributed by atoms with E-state index in [1.807, 2.05) is 0 Å². The standard InChI is InChI=1S/C16H18N2O3S/c1-3-8-17-16(21)12-4-6-13(7-5-12)18-10-14(9-15(18)20)22-11(2)19/h3-7,14H,1,8-10H2,2H3,(H,17,21). The number of anilines is 1. The van der Waals surface area contributed by atoms with Crippen molar-refractivity contribution < 1.29 is 14.4 Å². The van der Waals surface area contributed by atoms with Gasteiger partial charge in [-0.3, -0.25) is 14.4 Å². The number of nitrogens with one attached hydrogen (secondary N) is 1. The lowest BCUT2D eigenvalue weighted by molar-refractivity contribution is -0.117. The van der Waals surface area contributed by atoms with Gasteiger partial charge in [0, 0.05) is 42.9 Å². The van der Waals surface area contributed by atoms with Crippen molar-refractivity contribution in [2.75, 3.05) is 18.0 Å². The van der Waals surface area contributed by atoms with Crippen LogP contribution in [0, 0.1) is 0 Å². The van der Waals surface area contributed by atoms with E-state index in [2.05, 4.69) is 11.9 Å². The van der Waals surface area contributed by atoms with Crippen LogP contribution in [0.25, 0.3) is 0 Å². The predicted molar refractivity (Wildman–Crippen MR) is 88.0 cm³/mol. The fraction of sp³-hybridized carbons (Fsp3) is 0.312. The molecule has 1 aromatic rings. The molecule has 22 heavy (non-hydrogen) atoms. The van der Waals surface area contributed by atoms with Crippen LogP contribution in [-0.4, -0.2) is 35.3 Å². The summed E-state index contributed by atoms with van der Waals surface area (Å²) in [4.78, 5) is 36.6. The third-order valence-electron chi connectivity index (χ3n) is 3.27. The van der Waals surface area contributed by atoms with Crippen molar-refractivity contribution in [1.29, 1.82) is 0 Å². The van der Waals surface area contributed by atoms with Crippen molar-refractivity contribution in [3.63, 3.8) is 0 Å². The third kappa shape index (κ3) is 3.98. The van der Waals surface area contributed by atoms with E-state index in [9.17, 15) is 14.4 Å². The van der Waals surface area contributed by atoms with Crippen LogP contribution in [0.4, 0.5) is 5.69 Å². The second-order valence-electron chi connectivity index (χ2n) is 4.99. The number of carbonyl (C=O) groups excluding carboxylic acids is 3. The maximum absolute atomic E-state index is 12.0. The molecule has 1 unspecified atom stereocenters. The Hall–Kier alpha value is -2.08. The molecule has 0 bridgehead atoms. The molecule has 1 aliphatic rings. The van der Waals surface area contributed by atoms with Crippen molar-refractivity contribution >= 4 is 34.4 Å². The summed E-state index contributed by atoms with van der Waals surface area (Å²) in [5.74, 6) is -0.174. The van der Waals surface area contributed by atoms with Crippen LogP contribution in [0.1, 0.15) is 23.7 Å². The van der Waals surface area contributed by atoms with Gasteiger partial charge in [0.1, 0.15) is 0 Å². The zero-order valence-corrected chi connectivity index (χ0v) is 13.2. The van der Waals surface area contributed by atoms with Crippen molar-refractivity contribution in [1.82, 2.24) is 5.32 Å². The Morgan fingerprint density at radius 3 is 2.68 bits per heavy atom. The largest absolute Gasteiger partial charge is 0.349 e. The molecular weight excluding hydrogens is 300 g/mol. The van der Waals surface area contributed by atoms with E-state index in [0.717, 1.165) is 5.69 Å². The summed E-state index contributed by atoms with van der Waals surface area (Å²) in [6.07, 6.45) is 1.98. The number of rotatable bonds is 5. The van der Waals surface area contributed by atoms with E-state index in [-0.39, 0.29) is 22.2 Å². The van der Waals surface area contributed by atoms with Crippen LogP contribution >= 0.6 is 11.8 Å². The molecule has 1 saturated heterocycles. The molecular formula is C16H18N2O3S. The van der Waals surface area contributed by atoms with Gasteiger partial charge in [0.15, 0.2) is 5.12 Å². The van der Waals surface area contributed by atoms with E-state index in [4.69, 9.17) is 0 Å². The molecule has 5 nitrogen and oxygen atoms in total. The van der Waals surface area contributed by atoms with Gasteiger partial charge < -0.3 is 10.2 Å². The fourth-order valence-electron chi connectivity index (χ4n) is 2.30. The first-order chi connectivity index (χ1) is 10.5. The van der Waals surface area contributed by atoms with Crippen LogP contribution in [0.5, 0.6) is 0 Å². The first-order valence-electron chi connectivity index (χ1n) is 6.98. The first kappa shape index (κ1) is 16.3. The van der Waals surface area contributed by atoms with Gasteiger partial charge in [-0.25, -0.2) is 0 Å². The number of carbonyl (C=O) groups is 3. The lowest BCUT2D eigenvalue weighted by Crippen LogP contribution is -2.26. The highest BCUT2D eigenvalue weighted by molar-refractivity contribution is 8.14. The van der Waals surface area contributed by atoms with Gasteiger partial charge in [-0.15, -0.1) is 6.58 Å². The molecule has 1 N–H and O–H groups in total. The monoisotopic (exact) mass is 318 g/mol. The van der Waals surface area contributed by atoms with E-state index >= 15 is 0 Å². The van der Waals surface area contributed by atoms with Gasteiger partial charge in [-0.05, 0) is 24.3 Å². The molecule has 1 heterocycles. The van der Waals surface area contributed by atoms with Crippen molar-refractivity contribution in [3.05, 3.63) is 42.5 Å². The van der Waals surface area contributed by atoms with Gasteiger partial charge in [0.2, 0.25) is 5.91 Å². The number of amides is 2. The highest BCUT2D eigenvalue weighted by Crippen LogP contribution is 2.28.